The van der Waals surface area contributed by atoms with Gasteiger partial charge in [-0.2, -0.15) is 5.26 Å². The van der Waals surface area contributed by atoms with Gasteiger partial charge < -0.3 is 15.2 Å². The Labute approximate surface area is 144 Å². The first-order valence-corrected chi connectivity index (χ1v) is 7.79. The molecular formula is C19H17FN2O3. The third kappa shape index (κ3) is 3.19. The quantitative estimate of drug-likeness (QED) is 0.881. The van der Waals surface area contributed by atoms with Gasteiger partial charge in [0.15, 0.2) is 0 Å². The number of aliphatic hydroxyl groups is 1. The number of carbonyl (C=O) groups excluding carboxylic acids is 1. The molecule has 1 amide bonds. The van der Waals surface area contributed by atoms with Gasteiger partial charge in [-0.1, -0.05) is 6.07 Å². The summed E-state index contributed by atoms with van der Waals surface area (Å²) >= 11 is 0. The molecule has 128 valence electrons. The highest BCUT2D eigenvalue weighted by Gasteiger charge is 2.43. The van der Waals surface area contributed by atoms with Crippen LogP contribution in [0.3, 0.4) is 0 Å². The van der Waals surface area contributed by atoms with Crippen LogP contribution in [0.4, 0.5) is 4.39 Å². The second-order valence-electron chi connectivity index (χ2n) is 6.48. The highest BCUT2D eigenvalue weighted by molar-refractivity contribution is 5.94. The summed E-state index contributed by atoms with van der Waals surface area (Å²) in [6.07, 6.45) is -1.05. The van der Waals surface area contributed by atoms with Gasteiger partial charge in [0.05, 0.1) is 17.7 Å². The average molecular weight is 340 g/mol. The summed E-state index contributed by atoms with van der Waals surface area (Å²) in [5, 5.41) is 22.5. The first-order valence-electron chi connectivity index (χ1n) is 7.79. The van der Waals surface area contributed by atoms with E-state index in [0.29, 0.717) is 16.9 Å². The number of amides is 1. The molecule has 0 saturated carbocycles. The second-order valence-corrected chi connectivity index (χ2v) is 6.48. The minimum Gasteiger partial charge on any atom is -0.485 e. The Morgan fingerprint density at radius 1 is 1.32 bits per heavy atom. The number of ether oxygens (including phenoxy) is 1. The number of halogens is 1. The van der Waals surface area contributed by atoms with E-state index in [1.807, 2.05) is 6.07 Å². The molecule has 3 rings (SSSR count). The molecule has 2 atom stereocenters. The van der Waals surface area contributed by atoms with Crippen LogP contribution >= 0.6 is 0 Å². The minimum absolute atomic E-state index is 0.148. The SMILES string of the molecule is CC1(C)Oc2ccc(C#N)cc2[C@@H](NC(=O)c2cccc(F)c2)[C@H]1O. The maximum atomic E-state index is 13.4. The molecule has 0 saturated heterocycles. The van der Waals surface area contributed by atoms with Crippen molar-refractivity contribution in [1.29, 1.82) is 5.26 Å². The summed E-state index contributed by atoms with van der Waals surface area (Å²) < 4.78 is 19.2. The maximum Gasteiger partial charge on any atom is 0.251 e. The molecule has 0 spiro atoms. The molecule has 0 aliphatic carbocycles. The van der Waals surface area contributed by atoms with Crippen LogP contribution in [0.5, 0.6) is 5.75 Å². The Bertz CT molecular complexity index is 873. The summed E-state index contributed by atoms with van der Waals surface area (Å²) in [6, 6.07) is 11.4. The standard InChI is InChI=1S/C19H17FN2O3/c1-19(2)17(23)16(14-8-11(10-21)6-7-15(14)25-19)22-18(24)12-4-3-5-13(20)9-12/h3-9,16-17,23H,1-2H3,(H,22,24)/t16-,17-/m1/s1. The Morgan fingerprint density at radius 3 is 2.76 bits per heavy atom. The molecule has 0 aromatic heterocycles. The molecule has 2 N–H and O–H groups in total. The van der Waals surface area contributed by atoms with Gasteiger partial charge in [0, 0.05) is 11.1 Å². The first-order chi connectivity index (χ1) is 11.8. The van der Waals surface area contributed by atoms with E-state index in [-0.39, 0.29) is 5.56 Å². The van der Waals surface area contributed by atoms with Crippen LogP contribution in [0.15, 0.2) is 42.5 Å². The lowest BCUT2D eigenvalue weighted by Crippen LogP contribution is -2.53. The van der Waals surface area contributed by atoms with Gasteiger partial charge in [-0.3, -0.25) is 4.79 Å². The van der Waals surface area contributed by atoms with Crippen molar-refractivity contribution in [3.05, 3.63) is 65.0 Å². The van der Waals surface area contributed by atoms with E-state index in [1.165, 1.54) is 18.2 Å². The van der Waals surface area contributed by atoms with Crippen molar-refractivity contribution in [2.75, 3.05) is 0 Å². The van der Waals surface area contributed by atoms with Crippen molar-refractivity contribution in [2.45, 2.75) is 31.6 Å². The number of nitrogens with zero attached hydrogens (tertiary/aromatic N) is 1. The Morgan fingerprint density at radius 2 is 2.08 bits per heavy atom. The second kappa shape index (κ2) is 6.19. The highest BCUT2D eigenvalue weighted by atomic mass is 19.1. The van der Waals surface area contributed by atoms with Gasteiger partial charge in [-0.25, -0.2) is 4.39 Å². The lowest BCUT2D eigenvalue weighted by Gasteiger charge is -2.42. The van der Waals surface area contributed by atoms with E-state index < -0.39 is 29.5 Å². The van der Waals surface area contributed by atoms with Gasteiger partial charge in [0.25, 0.3) is 5.91 Å². The fraction of sp³-hybridized carbons (Fsp3) is 0.263. The van der Waals surface area contributed by atoms with Gasteiger partial charge in [-0.05, 0) is 50.2 Å². The minimum atomic E-state index is -1.05. The fourth-order valence-corrected chi connectivity index (χ4v) is 2.88. The lowest BCUT2D eigenvalue weighted by atomic mass is 9.85. The Kier molecular flexibility index (Phi) is 4.19. The largest absolute Gasteiger partial charge is 0.485 e. The number of hydrogen-bond donors (Lipinski definition) is 2. The van der Waals surface area contributed by atoms with Gasteiger partial charge in [0.1, 0.15) is 23.3 Å². The van der Waals surface area contributed by atoms with E-state index in [4.69, 9.17) is 10.00 Å². The number of nitriles is 1. The van der Waals surface area contributed by atoms with Crippen molar-refractivity contribution in [3.8, 4) is 11.8 Å². The molecule has 25 heavy (non-hydrogen) atoms. The van der Waals surface area contributed by atoms with E-state index in [2.05, 4.69) is 5.32 Å². The number of nitrogens with one attached hydrogen (secondary N) is 1. The van der Waals surface area contributed by atoms with Gasteiger partial charge >= 0.3 is 0 Å². The van der Waals surface area contributed by atoms with Crippen LogP contribution < -0.4 is 10.1 Å². The number of hydrogen-bond acceptors (Lipinski definition) is 4. The van der Waals surface area contributed by atoms with Crippen LogP contribution in [-0.2, 0) is 0 Å². The van der Waals surface area contributed by atoms with Gasteiger partial charge in [0.2, 0.25) is 0 Å². The Hall–Kier alpha value is -2.91. The van der Waals surface area contributed by atoms with E-state index in [1.54, 1.807) is 32.0 Å². The number of rotatable bonds is 2. The predicted octanol–water partition coefficient (Wildman–Crippen LogP) is 2.70. The van der Waals surface area contributed by atoms with Crippen molar-refractivity contribution in [1.82, 2.24) is 5.32 Å². The van der Waals surface area contributed by atoms with Crippen LogP contribution in [0.25, 0.3) is 0 Å². The third-order valence-electron chi connectivity index (χ3n) is 4.25. The van der Waals surface area contributed by atoms with Crippen LogP contribution in [-0.4, -0.2) is 22.7 Å². The van der Waals surface area contributed by atoms with Gasteiger partial charge in [-0.15, -0.1) is 0 Å². The molecule has 6 heteroatoms. The normalized spacial score (nSPS) is 20.8. The van der Waals surface area contributed by atoms with Crippen LogP contribution in [0, 0.1) is 17.1 Å². The number of benzene rings is 2. The molecule has 1 aliphatic rings. The summed E-state index contributed by atoms with van der Waals surface area (Å²) in [5.41, 5.74) is 0.102. The third-order valence-corrected chi connectivity index (χ3v) is 4.25. The van der Waals surface area contributed by atoms with E-state index >= 15 is 0 Å². The lowest BCUT2D eigenvalue weighted by molar-refractivity contribution is -0.0627. The van der Waals surface area contributed by atoms with Crippen molar-refractivity contribution < 1.29 is 19.0 Å². The molecular weight excluding hydrogens is 323 g/mol. The maximum absolute atomic E-state index is 13.4. The monoisotopic (exact) mass is 340 g/mol. The van der Waals surface area contributed by atoms with Crippen LogP contribution in [0.1, 0.15) is 41.4 Å². The van der Waals surface area contributed by atoms with E-state index in [0.717, 1.165) is 6.07 Å². The zero-order chi connectivity index (χ0) is 18.2. The summed E-state index contributed by atoms with van der Waals surface area (Å²) in [6.45, 7) is 3.42. The summed E-state index contributed by atoms with van der Waals surface area (Å²) in [5.74, 6) is -0.555. The highest BCUT2D eigenvalue weighted by Crippen LogP contribution is 2.40. The smallest absolute Gasteiger partial charge is 0.251 e. The van der Waals surface area contributed by atoms with E-state index in [9.17, 15) is 14.3 Å². The fourth-order valence-electron chi connectivity index (χ4n) is 2.88. The zero-order valence-corrected chi connectivity index (χ0v) is 13.8. The molecule has 1 heterocycles. The predicted molar refractivity (Wildman–Crippen MR) is 88.5 cm³/mol. The zero-order valence-electron chi connectivity index (χ0n) is 13.8. The summed E-state index contributed by atoms with van der Waals surface area (Å²) in [7, 11) is 0. The molecule has 0 unspecified atom stereocenters. The molecule has 0 fully saturated rings. The van der Waals surface area contributed by atoms with Crippen LogP contribution in [0.2, 0.25) is 0 Å². The number of fused-ring (bicyclic) bond motifs is 1. The topological polar surface area (TPSA) is 82.3 Å². The number of aliphatic hydroxyl groups excluding tert-OH is 1. The number of carbonyl (C=O) groups is 1. The molecule has 1 aliphatic heterocycles. The van der Waals surface area contributed by atoms with Crippen molar-refractivity contribution in [2.24, 2.45) is 0 Å². The first kappa shape index (κ1) is 16.9. The Balaban J connectivity index is 1.99. The van der Waals surface area contributed by atoms with Crippen molar-refractivity contribution >= 4 is 5.91 Å². The average Bonchev–Trinajstić information content (AvgIpc) is 2.58. The summed E-state index contributed by atoms with van der Waals surface area (Å²) in [4.78, 5) is 12.5. The molecule has 2 aromatic rings. The van der Waals surface area contributed by atoms with Crippen molar-refractivity contribution in [3.63, 3.8) is 0 Å². The molecule has 5 nitrogen and oxygen atoms in total. The molecule has 0 radical (unpaired) electrons. The molecule has 0 bridgehead atoms. The molecule has 2 aromatic carbocycles.